The van der Waals surface area contributed by atoms with Crippen LogP contribution in [0.1, 0.15) is 18.0 Å². The second kappa shape index (κ2) is 3.21. The van der Waals surface area contributed by atoms with Crippen LogP contribution in [0.15, 0.2) is 36.8 Å². The van der Waals surface area contributed by atoms with Crippen molar-refractivity contribution in [2.45, 2.75) is 12.5 Å². The van der Waals surface area contributed by atoms with E-state index in [4.69, 9.17) is 5.73 Å². The largest absolute Gasteiger partial charge is 0.330 e. The normalized spacial score (nSPS) is 17.5. The summed E-state index contributed by atoms with van der Waals surface area (Å²) in [5.41, 5.74) is 9.54. The van der Waals surface area contributed by atoms with Gasteiger partial charge >= 0.3 is 0 Å². The van der Waals surface area contributed by atoms with E-state index in [0.717, 1.165) is 6.42 Å². The lowest BCUT2D eigenvalue weighted by molar-refractivity contribution is 0.571. The monoisotopic (exact) mass is 199 g/mol. The summed E-state index contributed by atoms with van der Waals surface area (Å²) in [4.78, 5) is 4.20. The van der Waals surface area contributed by atoms with E-state index in [9.17, 15) is 0 Å². The van der Waals surface area contributed by atoms with E-state index in [1.165, 1.54) is 16.8 Å². The summed E-state index contributed by atoms with van der Waals surface area (Å²) in [6.45, 7) is 0.705. The second-order valence-corrected chi connectivity index (χ2v) is 3.87. The van der Waals surface area contributed by atoms with Crippen molar-refractivity contribution in [3.8, 4) is 11.3 Å². The molecule has 2 aromatic rings. The number of imidazole rings is 1. The first-order valence-electron chi connectivity index (χ1n) is 5.23. The number of nitrogens with two attached hydrogens (primary N) is 1. The lowest BCUT2D eigenvalue weighted by Gasteiger charge is -2.12. The van der Waals surface area contributed by atoms with Gasteiger partial charge in [-0.2, -0.15) is 0 Å². The van der Waals surface area contributed by atoms with Gasteiger partial charge in [-0.3, -0.25) is 0 Å². The van der Waals surface area contributed by atoms with E-state index in [0.29, 0.717) is 12.6 Å². The van der Waals surface area contributed by atoms with Crippen molar-refractivity contribution < 1.29 is 0 Å². The van der Waals surface area contributed by atoms with E-state index in [-0.39, 0.29) is 0 Å². The van der Waals surface area contributed by atoms with Crippen molar-refractivity contribution in [3.05, 3.63) is 42.4 Å². The minimum Gasteiger partial charge on any atom is -0.330 e. The number of nitrogens with zero attached hydrogens (tertiary/aromatic N) is 2. The zero-order valence-corrected chi connectivity index (χ0v) is 8.43. The Hall–Kier alpha value is -1.61. The van der Waals surface area contributed by atoms with Gasteiger partial charge in [-0.05, 0) is 18.5 Å². The molecule has 3 rings (SSSR count). The lowest BCUT2D eigenvalue weighted by atomic mass is 10.0. The average Bonchev–Trinajstić information content (AvgIpc) is 2.82. The summed E-state index contributed by atoms with van der Waals surface area (Å²) in [5, 5.41) is 0. The highest BCUT2D eigenvalue weighted by molar-refractivity contribution is 5.68. The van der Waals surface area contributed by atoms with Gasteiger partial charge in [0.1, 0.15) is 0 Å². The quantitative estimate of drug-likeness (QED) is 0.801. The molecular formula is C12H13N3. The van der Waals surface area contributed by atoms with Crippen LogP contribution >= 0.6 is 0 Å². The van der Waals surface area contributed by atoms with Crippen molar-refractivity contribution in [2.75, 3.05) is 6.54 Å². The molecule has 0 fully saturated rings. The fourth-order valence-corrected chi connectivity index (χ4v) is 2.38. The van der Waals surface area contributed by atoms with Gasteiger partial charge in [0.15, 0.2) is 0 Å². The molecule has 0 amide bonds. The van der Waals surface area contributed by atoms with Crippen LogP contribution in [-0.2, 0) is 0 Å². The molecule has 0 saturated heterocycles. The van der Waals surface area contributed by atoms with Crippen molar-refractivity contribution in [1.82, 2.24) is 9.55 Å². The van der Waals surface area contributed by atoms with Gasteiger partial charge in [0.2, 0.25) is 0 Å². The smallest absolute Gasteiger partial charge is 0.0956 e. The molecular weight excluding hydrogens is 186 g/mol. The molecule has 1 unspecified atom stereocenters. The number of rotatable bonds is 2. The van der Waals surface area contributed by atoms with E-state index in [1.807, 2.05) is 12.5 Å². The molecule has 3 heteroatoms. The summed E-state index contributed by atoms with van der Waals surface area (Å²) in [6.07, 6.45) is 4.80. The standard InChI is InChI=1S/C12H13N3/c13-6-5-11-9-3-1-2-4-10(9)12-7-14-8-15(11)12/h1-4,7-8,11H,5-6,13H2. The highest BCUT2D eigenvalue weighted by atomic mass is 15.1. The molecule has 0 aliphatic carbocycles. The molecule has 3 nitrogen and oxygen atoms in total. The topological polar surface area (TPSA) is 43.8 Å². The molecule has 0 saturated carbocycles. The van der Waals surface area contributed by atoms with E-state index in [2.05, 4.69) is 33.8 Å². The maximum atomic E-state index is 5.66. The molecule has 0 radical (unpaired) electrons. The van der Waals surface area contributed by atoms with Crippen LogP contribution in [0, 0.1) is 0 Å². The third kappa shape index (κ3) is 1.13. The van der Waals surface area contributed by atoms with Crippen LogP contribution in [0.4, 0.5) is 0 Å². The molecule has 0 bridgehead atoms. The third-order valence-electron chi connectivity index (χ3n) is 3.04. The Bertz CT molecular complexity index is 487. The number of aromatic nitrogens is 2. The van der Waals surface area contributed by atoms with E-state index in [1.54, 1.807) is 0 Å². The Morgan fingerprint density at radius 1 is 1.33 bits per heavy atom. The highest BCUT2D eigenvalue weighted by Gasteiger charge is 2.26. The fraction of sp³-hybridized carbons (Fsp3) is 0.250. The van der Waals surface area contributed by atoms with Crippen molar-refractivity contribution >= 4 is 0 Å². The van der Waals surface area contributed by atoms with Crippen molar-refractivity contribution in [2.24, 2.45) is 5.73 Å². The molecule has 76 valence electrons. The zero-order chi connectivity index (χ0) is 10.3. The molecule has 2 heterocycles. The minimum atomic E-state index is 0.378. The molecule has 15 heavy (non-hydrogen) atoms. The number of hydrogen-bond donors (Lipinski definition) is 1. The van der Waals surface area contributed by atoms with Gasteiger partial charge in [0.25, 0.3) is 0 Å². The lowest BCUT2D eigenvalue weighted by Crippen LogP contribution is -2.11. The van der Waals surface area contributed by atoms with Gasteiger partial charge in [0.05, 0.1) is 24.3 Å². The summed E-state index contributed by atoms with van der Waals surface area (Å²) in [6, 6.07) is 8.87. The van der Waals surface area contributed by atoms with E-state index >= 15 is 0 Å². The van der Waals surface area contributed by atoms with Crippen LogP contribution in [0.3, 0.4) is 0 Å². The molecule has 2 N–H and O–H groups in total. The molecule has 1 aliphatic heterocycles. The molecule has 1 aromatic heterocycles. The molecule has 1 aliphatic rings. The van der Waals surface area contributed by atoms with Gasteiger partial charge in [0, 0.05) is 5.56 Å². The van der Waals surface area contributed by atoms with Gasteiger partial charge < -0.3 is 10.3 Å². The number of hydrogen-bond acceptors (Lipinski definition) is 2. The van der Waals surface area contributed by atoms with Gasteiger partial charge in [-0.25, -0.2) is 4.98 Å². The Labute approximate surface area is 88.6 Å². The molecule has 0 spiro atoms. The molecule has 1 atom stereocenters. The maximum Gasteiger partial charge on any atom is 0.0956 e. The number of fused-ring (bicyclic) bond motifs is 3. The van der Waals surface area contributed by atoms with Crippen LogP contribution in [0.2, 0.25) is 0 Å². The highest BCUT2D eigenvalue weighted by Crippen LogP contribution is 2.40. The van der Waals surface area contributed by atoms with Crippen molar-refractivity contribution in [1.29, 1.82) is 0 Å². The second-order valence-electron chi connectivity index (χ2n) is 3.87. The average molecular weight is 199 g/mol. The fourth-order valence-electron chi connectivity index (χ4n) is 2.38. The molecule has 1 aromatic carbocycles. The number of benzene rings is 1. The first kappa shape index (κ1) is 8.68. The van der Waals surface area contributed by atoms with Gasteiger partial charge in [-0.15, -0.1) is 0 Å². The van der Waals surface area contributed by atoms with Crippen LogP contribution < -0.4 is 5.73 Å². The zero-order valence-electron chi connectivity index (χ0n) is 8.43. The Morgan fingerprint density at radius 3 is 3.07 bits per heavy atom. The summed E-state index contributed by atoms with van der Waals surface area (Å²) >= 11 is 0. The SMILES string of the molecule is NCCC1c2ccccc2-c2cncn21. The predicted octanol–water partition coefficient (Wildman–Crippen LogP) is 1.80. The first-order valence-corrected chi connectivity index (χ1v) is 5.23. The summed E-state index contributed by atoms with van der Waals surface area (Å²) < 4.78 is 2.22. The Kier molecular flexibility index (Phi) is 1.86. The first-order chi connectivity index (χ1) is 7.42. The van der Waals surface area contributed by atoms with Gasteiger partial charge in [-0.1, -0.05) is 24.3 Å². The predicted molar refractivity (Wildman–Crippen MR) is 59.5 cm³/mol. The third-order valence-corrected chi connectivity index (χ3v) is 3.04. The summed E-state index contributed by atoms with van der Waals surface area (Å²) in [7, 11) is 0. The minimum absolute atomic E-state index is 0.378. The Balaban J connectivity index is 2.19. The van der Waals surface area contributed by atoms with Crippen LogP contribution in [0.5, 0.6) is 0 Å². The Morgan fingerprint density at radius 2 is 2.20 bits per heavy atom. The van der Waals surface area contributed by atoms with Crippen LogP contribution in [-0.4, -0.2) is 16.1 Å². The maximum absolute atomic E-state index is 5.66. The summed E-state index contributed by atoms with van der Waals surface area (Å²) in [5.74, 6) is 0. The van der Waals surface area contributed by atoms with Crippen molar-refractivity contribution in [3.63, 3.8) is 0 Å². The van der Waals surface area contributed by atoms with E-state index < -0.39 is 0 Å². The van der Waals surface area contributed by atoms with Crippen LogP contribution in [0.25, 0.3) is 11.3 Å².